The monoisotopic (exact) mass is 198 g/mol. The SMILES string of the molecule is Cc1ncsc1C(O)C1CCCN1. The zero-order chi connectivity index (χ0) is 9.26. The second-order valence-corrected chi connectivity index (χ2v) is 4.34. The van der Waals surface area contributed by atoms with Crippen molar-refractivity contribution in [3.05, 3.63) is 16.1 Å². The van der Waals surface area contributed by atoms with Crippen molar-refractivity contribution in [3.8, 4) is 0 Å². The minimum Gasteiger partial charge on any atom is -0.386 e. The molecule has 0 aliphatic carbocycles. The first kappa shape index (κ1) is 9.12. The fourth-order valence-corrected chi connectivity index (χ4v) is 2.61. The van der Waals surface area contributed by atoms with Gasteiger partial charge in [-0.1, -0.05) is 0 Å². The molecular formula is C9H14N2OS. The van der Waals surface area contributed by atoms with E-state index in [1.807, 2.05) is 6.92 Å². The summed E-state index contributed by atoms with van der Waals surface area (Å²) >= 11 is 1.54. The van der Waals surface area contributed by atoms with Crippen molar-refractivity contribution in [2.24, 2.45) is 0 Å². The Morgan fingerprint density at radius 2 is 2.62 bits per heavy atom. The number of thiazole rings is 1. The molecule has 0 bridgehead atoms. The molecule has 1 aromatic rings. The highest BCUT2D eigenvalue weighted by Gasteiger charge is 2.26. The van der Waals surface area contributed by atoms with Gasteiger partial charge in [-0.2, -0.15) is 0 Å². The molecule has 2 rings (SSSR count). The number of rotatable bonds is 2. The maximum Gasteiger partial charge on any atom is 0.105 e. The predicted octanol–water partition coefficient (Wildman–Crippen LogP) is 1.24. The Balaban J connectivity index is 2.12. The van der Waals surface area contributed by atoms with E-state index in [0.29, 0.717) is 0 Å². The average Bonchev–Trinajstić information content (AvgIpc) is 2.72. The van der Waals surface area contributed by atoms with Gasteiger partial charge in [-0.05, 0) is 26.3 Å². The molecule has 2 unspecified atom stereocenters. The fraction of sp³-hybridized carbons (Fsp3) is 0.667. The standard InChI is InChI=1S/C9H14N2OS/c1-6-9(13-5-11-6)8(12)7-3-2-4-10-7/h5,7-8,10,12H,2-4H2,1H3. The van der Waals surface area contributed by atoms with Crippen LogP contribution in [0.15, 0.2) is 5.51 Å². The normalized spacial score (nSPS) is 24.9. The van der Waals surface area contributed by atoms with E-state index in [1.54, 1.807) is 16.8 Å². The smallest absolute Gasteiger partial charge is 0.105 e. The summed E-state index contributed by atoms with van der Waals surface area (Å²) in [6, 6.07) is 0.235. The molecule has 1 aliphatic rings. The zero-order valence-corrected chi connectivity index (χ0v) is 8.47. The maximum atomic E-state index is 10.00. The first-order chi connectivity index (χ1) is 6.29. The van der Waals surface area contributed by atoms with Crippen LogP contribution in [0.5, 0.6) is 0 Å². The fourth-order valence-electron chi connectivity index (χ4n) is 1.76. The van der Waals surface area contributed by atoms with E-state index in [9.17, 15) is 5.11 Å². The summed E-state index contributed by atoms with van der Waals surface area (Å²) in [5, 5.41) is 13.3. The predicted molar refractivity (Wildman–Crippen MR) is 52.8 cm³/mol. The third-order valence-corrected chi connectivity index (χ3v) is 3.53. The van der Waals surface area contributed by atoms with E-state index in [2.05, 4.69) is 10.3 Å². The van der Waals surface area contributed by atoms with Crippen LogP contribution in [0.2, 0.25) is 0 Å². The van der Waals surface area contributed by atoms with Gasteiger partial charge in [0.25, 0.3) is 0 Å². The lowest BCUT2D eigenvalue weighted by Gasteiger charge is -2.16. The van der Waals surface area contributed by atoms with Gasteiger partial charge in [0.2, 0.25) is 0 Å². The number of aryl methyl sites for hydroxylation is 1. The van der Waals surface area contributed by atoms with Gasteiger partial charge in [0.05, 0.1) is 16.1 Å². The van der Waals surface area contributed by atoms with Crippen molar-refractivity contribution in [2.45, 2.75) is 31.9 Å². The van der Waals surface area contributed by atoms with Crippen molar-refractivity contribution in [1.29, 1.82) is 0 Å². The van der Waals surface area contributed by atoms with Gasteiger partial charge in [0.15, 0.2) is 0 Å². The lowest BCUT2D eigenvalue weighted by molar-refractivity contribution is 0.140. The Labute approximate surface area is 81.8 Å². The molecule has 4 heteroatoms. The molecule has 2 heterocycles. The summed E-state index contributed by atoms with van der Waals surface area (Å²) in [6.45, 7) is 2.98. The number of aliphatic hydroxyl groups excluding tert-OH is 1. The average molecular weight is 198 g/mol. The molecule has 0 amide bonds. The van der Waals surface area contributed by atoms with Gasteiger partial charge in [-0.25, -0.2) is 4.98 Å². The highest BCUT2D eigenvalue weighted by Crippen LogP contribution is 2.27. The molecule has 72 valence electrons. The summed E-state index contributed by atoms with van der Waals surface area (Å²) < 4.78 is 0. The van der Waals surface area contributed by atoms with Crippen molar-refractivity contribution in [1.82, 2.24) is 10.3 Å². The Bertz CT molecular complexity index is 281. The third kappa shape index (κ3) is 1.75. The van der Waals surface area contributed by atoms with Crippen LogP contribution in [0.25, 0.3) is 0 Å². The Morgan fingerprint density at radius 3 is 3.15 bits per heavy atom. The third-order valence-electron chi connectivity index (χ3n) is 2.53. The lowest BCUT2D eigenvalue weighted by Crippen LogP contribution is -2.28. The van der Waals surface area contributed by atoms with Crippen LogP contribution in [0.3, 0.4) is 0 Å². The van der Waals surface area contributed by atoms with E-state index < -0.39 is 0 Å². The molecule has 0 spiro atoms. The molecule has 0 saturated carbocycles. The molecule has 3 nitrogen and oxygen atoms in total. The first-order valence-corrected chi connectivity index (χ1v) is 5.48. The van der Waals surface area contributed by atoms with Crippen molar-refractivity contribution in [3.63, 3.8) is 0 Å². The maximum absolute atomic E-state index is 10.00. The van der Waals surface area contributed by atoms with Crippen molar-refractivity contribution >= 4 is 11.3 Å². The molecule has 2 atom stereocenters. The van der Waals surface area contributed by atoms with Gasteiger partial charge in [-0.3, -0.25) is 0 Å². The number of aromatic nitrogens is 1. The van der Waals surface area contributed by atoms with Crippen LogP contribution in [0.4, 0.5) is 0 Å². The molecule has 1 fully saturated rings. The number of nitrogens with zero attached hydrogens (tertiary/aromatic N) is 1. The molecule has 13 heavy (non-hydrogen) atoms. The van der Waals surface area contributed by atoms with Crippen LogP contribution < -0.4 is 5.32 Å². The van der Waals surface area contributed by atoms with Gasteiger partial charge in [0.1, 0.15) is 6.10 Å². The second-order valence-electron chi connectivity index (χ2n) is 3.45. The van der Waals surface area contributed by atoms with Gasteiger partial charge in [0, 0.05) is 6.04 Å². The number of hydrogen-bond acceptors (Lipinski definition) is 4. The molecule has 1 aromatic heterocycles. The quantitative estimate of drug-likeness (QED) is 0.751. The van der Waals surface area contributed by atoms with Crippen LogP contribution >= 0.6 is 11.3 Å². The lowest BCUT2D eigenvalue weighted by atomic mass is 10.1. The first-order valence-electron chi connectivity index (χ1n) is 4.60. The Kier molecular flexibility index (Phi) is 2.62. The van der Waals surface area contributed by atoms with E-state index in [0.717, 1.165) is 23.5 Å². The summed E-state index contributed by atoms with van der Waals surface area (Å²) in [5.74, 6) is 0. The van der Waals surface area contributed by atoms with E-state index in [1.165, 1.54) is 6.42 Å². The van der Waals surface area contributed by atoms with Gasteiger partial charge < -0.3 is 10.4 Å². The largest absolute Gasteiger partial charge is 0.386 e. The molecule has 2 N–H and O–H groups in total. The molecule has 1 aliphatic heterocycles. The van der Waals surface area contributed by atoms with Crippen LogP contribution in [-0.2, 0) is 0 Å². The number of hydrogen-bond donors (Lipinski definition) is 2. The van der Waals surface area contributed by atoms with Gasteiger partial charge >= 0.3 is 0 Å². The summed E-state index contributed by atoms with van der Waals surface area (Å²) in [5.41, 5.74) is 2.76. The molecular weight excluding hydrogens is 184 g/mol. The van der Waals surface area contributed by atoms with Crippen LogP contribution in [0.1, 0.15) is 29.5 Å². The Hall–Kier alpha value is -0.450. The second kappa shape index (κ2) is 3.74. The Morgan fingerprint density at radius 1 is 1.77 bits per heavy atom. The minimum absolute atomic E-state index is 0.235. The summed E-state index contributed by atoms with van der Waals surface area (Å²) in [7, 11) is 0. The van der Waals surface area contributed by atoms with Crippen LogP contribution in [-0.4, -0.2) is 22.7 Å². The van der Waals surface area contributed by atoms with Crippen molar-refractivity contribution < 1.29 is 5.11 Å². The number of aliphatic hydroxyl groups is 1. The van der Waals surface area contributed by atoms with E-state index in [-0.39, 0.29) is 12.1 Å². The topological polar surface area (TPSA) is 45.2 Å². The summed E-state index contributed by atoms with van der Waals surface area (Å²) in [6.07, 6.45) is 1.87. The molecule has 1 saturated heterocycles. The summed E-state index contributed by atoms with van der Waals surface area (Å²) in [4.78, 5) is 5.15. The molecule has 0 radical (unpaired) electrons. The minimum atomic E-state index is -0.366. The van der Waals surface area contributed by atoms with Gasteiger partial charge in [-0.15, -0.1) is 11.3 Å². The van der Waals surface area contributed by atoms with Crippen LogP contribution in [0, 0.1) is 6.92 Å². The highest BCUT2D eigenvalue weighted by atomic mass is 32.1. The van der Waals surface area contributed by atoms with E-state index >= 15 is 0 Å². The van der Waals surface area contributed by atoms with Crippen molar-refractivity contribution in [2.75, 3.05) is 6.54 Å². The highest BCUT2D eigenvalue weighted by molar-refractivity contribution is 7.09. The zero-order valence-electron chi connectivity index (χ0n) is 7.66. The molecule has 0 aromatic carbocycles. The number of nitrogens with one attached hydrogen (secondary N) is 1. The van der Waals surface area contributed by atoms with E-state index in [4.69, 9.17) is 0 Å².